The number of aryl methyl sites for hydroxylation is 1. The molecule has 34 heavy (non-hydrogen) atoms. The van der Waals surface area contributed by atoms with Crippen LogP contribution in [-0.2, 0) is 13.6 Å². The standard InChI is InChI=1S/C26H22FN7/c1-33-7-5-18-8-20(12-31-26(18)33)24-23(17-2-3-19(10-28)21(27)9-17)25-22(13-30-24)34(15-32-25)14-16-4-6-29-11-16/h2-3,5,7-9,12-13,15-16,29H,4,6,11,14H2,1H3. The molecule has 1 atom stereocenters. The third kappa shape index (κ3) is 3.33. The number of nitrogens with one attached hydrogen (secondary N) is 1. The molecule has 168 valence electrons. The van der Waals surface area contributed by atoms with E-state index >= 15 is 0 Å². The Morgan fingerprint density at radius 1 is 1.15 bits per heavy atom. The predicted octanol–water partition coefficient (Wildman–Crippen LogP) is 4.27. The normalized spacial score (nSPS) is 15.9. The van der Waals surface area contributed by atoms with Crippen LogP contribution >= 0.6 is 0 Å². The van der Waals surface area contributed by atoms with Gasteiger partial charge in [0, 0.05) is 42.5 Å². The Hall–Kier alpha value is -4.09. The highest BCUT2D eigenvalue weighted by Gasteiger charge is 2.21. The van der Waals surface area contributed by atoms with E-state index in [1.165, 1.54) is 12.1 Å². The first kappa shape index (κ1) is 20.5. The van der Waals surface area contributed by atoms with E-state index < -0.39 is 5.82 Å². The number of pyridine rings is 2. The fraction of sp³-hybridized carbons (Fsp3) is 0.231. The summed E-state index contributed by atoms with van der Waals surface area (Å²) < 4.78 is 18.8. The van der Waals surface area contributed by atoms with Gasteiger partial charge in [0.2, 0.25) is 0 Å². The first-order valence-electron chi connectivity index (χ1n) is 11.3. The maximum absolute atomic E-state index is 14.7. The fourth-order valence-electron chi connectivity index (χ4n) is 4.85. The Morgan fingerprint density at radius 2 is 2.06 bits per heavy atom. The average molecular weight is 452 g/mol. The summed E-state index contributed by atoms with van der Waals surface area (Å²) in [6.45, 7) is 2.87. The highest BCUT2D eigenvalue weighted by Crippen LogP contribution is 2.37. The Balaban J connectivity index is 1.56. The van der Waals surface area contributed by atoms with Gasteiger partial charge in [0.25, 0.3) is 0 Å². The molecule has 0 radical (unpaired) electrons. The Labute approximate surface area is 195 Å². The number of aromatic nitrogens is 5. The monoisotopic (exact) mass is 451 g/mol. The maximum Gasteiger partial charge on any atom is 0.141 e. The smallest absolute Gasteiger partial charge is 0.141 e. The molecular formula is C26H22FN7. The van der Waals surface area contributed by atoms with Gasteiger partial charge in [-0.25, -0.2) is 14.4 Å². The zero-order valence-electron chi connectivity index (χ0n) is 18.7. The summed E-state index contributed by atoms with van der Waals surface area (Å²) >= 11 is 0. The van der Waals surface area contributed by atoms with Crippen LogP contribution in [0.2, 0.25) is 0 Å². The van der Waals surface area contributed by atoms with E-state index in [1.54, 1.807) is 12.3 Å². The molecule has 4 aromatic heterocycles. The zero-order chi connectivity index (χ0) is 23.2. The molecule has 5 aromatic rings. The number of nitriles is 1. The van der Waals surface area contributed by atoms with Crippen LogP contribution < -0.4 is 5.32 Å². The van der Waals surface area contributed by atoms with Crippen LogP contribution in [0.25, 0.3) is 44.5 Å². The molecule has 0 aliphatic carbocycles. The molecule has 0 amide bonds. The second kappa shape index (κ2) is 8.04. The van der Waals surface area contributed by atoms with E-state index in [0.717, 1.165) is 59.2 Å². The maximum atomic E-state index is 14.7. The number of hydrogen-bond donors (Lipinski definition) is 1. The van der Waals surface area contributed by atoms with Crippen molar-refractivity contribution in [3.05, 3.63) is 66.6 Å². The third-order valence-corrected chi connectivity index (χ3v) is 6.64. The van der Waals surface area contributed by atoms with Crippen molar-refractivity contribution in [1.29, 1.82) is 5.26 Å². The summed E-state index contributed by atoms with van der Waals surface area (Å²) in [5.74, 6) is -0.0198. The molecule has 7 nitrogen and oxygen atoms in total. The van der Waals surface area contributed by atoms with Gasteiger partial charge in [0.05, 0.1) is 29.3 Å². The molecule has 0 spiro atoms. The van der Waals surface area contributed by atoms with Crippen LogP contribution in [-0.4, -0.2) is 37.2 Å². The molecule has 1 unspecified atom stereocenters. The van der Waals surface area contributed by atoms with Crippen LogP contribution in [0.5, 0.6) is 0 Å². The van der Waals surface area contributed by atoms with E-state index in [0.29, 0.717) is 17.2 Å². The Bertz CT molecular complexity index is 1580. The van der Waals surface area contributed by atoms with E-state index in [1.807, 2.05) is 48.5 Å². The van der Waals surface area contributed by atoms with Crippen molar-refractivity contribution in [2.24, 2.45) is 13.0 Å². The minimum Gasteiger partial charge on any atom is -0.336 e. The lowest BCUT2D eigenvalue weighted by atomic mass is 9.97. The van der Waals surface area contributed by atoms with E-state index in [2.05, 4.69) is 14.9 Å². The van der Waals surface area contributed by atoms with Crippen LogP contribution in [0.4, 0.5) is 4.39 Å². The number of fused-ring (bicyclic) bond motifs is 2. The van der Waals surface area contributed by atoms with Crippen molar-refractivity contribution < 1.29 is 4.39 Å². The second-order valence-corrected chi connectivity index (χ2v) is 8.84. The van der Waals surface area contributed by atoms with Crippen molar-refractivity contribution in [1.82, 2.24) is 29.4 Å². The third-order valence-electron chi connectivity index (χ3n) is 6.64. The molecule has 0 saturated carbocycles. The van der Waals surface area contributed by atoms with Gasteiger partial charge in [-0.2, -0.15) is 5.26 Å². The molecule has 5 heterocycles. The second-order valence-electron chi connectivity index (χ2n) is 8.84. The van der Waals surface area contributed by atoms with Gasteiger partial charge >= 0.3 is 0 Å². The summed E-state index contributed by atoms with van der Waals surface area (Å²) in [5.41, 5.74) is 5.43. The van der Waals surface area contributed by atoms with Crippen molar-refractivity contribution in [3.8, 4) is 28.5 Å². The molecule has 1 N–H and O–H groups in total. The van der Waals surface area contributed by atoms with Gasteiger partial charge in [-0.05, 0) is 55.3 Å². The fourth-order valence-corrected chi connectivity index (χ4v) is 4.85. The lowest BCUT2D eigenvalue weighted by Crippen LogP contribution is -2.14. The summed E-state index contributed by atoms with van der Waals surface area (Å²) in [6, 6.07) is 10.6. The van der Waals surface area contributed by atoms with Crippen LogP contribution in [0.15, 0.2) is 55.2 Å². The van der Waals surface area contributed by atoms with E-state index in [9.17, 15) is 9.65 Å². The largest absolute Gasteiger partial charge is 0.336 e. The SMILES string of the molecule is Cn1ccc2cc(-c3ncc4c(ncn4CC4CCNC4)c3-c3ccc(C#N)c(F)c3)cnc21. The first-order valence-corrected chi connectivity index (χ1v) is 11.3. The van der Waals surface area contributed by atoms with Gasteiger partial charge < -0.3 is 14.5 Å². The lowest BCUT2D eigenvalue weighted by Gasteiger charge is -2.13. The molecular weight excluding hydrogens is 429 g/mol. The molecule has 1 saturated heterocycles. The molecule has 8 heteroatoms. The topological polar surface area (TPSA) is 84.4 Å². The van der Waals surface area contributed by atoms with Crippen LogP contribution in [0.3, 0.4) is 0 Å². The Kier molecular flexibility index (Phi) is 4.85. The Morgan fingerprint density at radius 3 is 2.85 bits per heavy atom. The van der Waals surface area contributed by atoms with Gasteiger partial charge in [-0.1, -0.05) is 6.07 Å². The van der Waals surface area contributed by atoms with Crippen molar-refractivity contribution in [2.45, 2.75) is 13.0 Å². The molecule has 1 aliphatic heterocycles. The highest BCUT2D eigenvalue weighted by molar-refractivity contribution is 6.00. The summed E-state index contributed by atoms with van der Waals surface area (Å²) in [6.07, 6.45) is 8.58. The zero-order valence-corrected chi connectivity index (χ0v) is 18.7. The van der Waals surface area contributed by atoms with Crippen molar-refractivity contribution in [2.75, 3.05) is 13.1 Å². The van der Waals surface area contributed by atoms with Gasteiger partial charge in [-0.3, -0.25) is 4.98 Å². The number of nitrogens with zero attached hydrogens (tertiary/aromatic N) is 6. The quantitative estimate of drug-likeness (QED) is 0.441. The molecule has 1 aromatic carbocycles. The first-order chi connectivity index (χ1) is 16.6. The van der Waals surface area contributed by atoms with Crippen LogP contribution in [0.1, 0.15) is 12.0 Å². The number of imidazole rings is 1. The summed E-state index contributed by atoms with van der Waals surface area (Å²) in [4.78, 5) is 14.2. The predicted molar refractivity (Wildman–Crippen MR) is 128 cm³/mol. The molecule has 1 aliphatic rings. The van der Waals surface area contributed by atoms with Crippen molar-refractivity contribution >= 4 is 22.1 Å². The number of rotatable bonds is 4. The van der Waals surface area contributed by atoms with E-state index in [-0.39, 0.29) is 5.56 Å². The van der Waals surface area contributed by atoms with E-state index in [4.69, 9.17) is 9.97 Å². The highest BCUT2D eigenvalue weighted by atomic mass is 19.1. The average Bonchev–Trinajstić information content (AvgIpc) is 3.60. The van der Waals surface area contributed by atoms with Gasteiger partial charge in [0.1, 0.15) is 23.1 Å². The minimum absolute atomic E-state index is 0.0112. The molecule has 6 rings (SSSR count). The lowest BCUT2D eigenvalue weighted by molar-refractivity contribution is 0.489. The van der Waals surface area contributed by atoms with Crippen LogP contribution in [0, 0.1) is 23.1 Å². The number of halogens is 1. The van der Waals surface area contributed by atoms with Gasteiger partial charge in [-0.15, -0.1) is 0 Å². The summed E-state index contributed by atoms with van der Waals surface area (Å²) in [5, 5.41) is 13.6. The van der Waals surface area contributed by atoms with Gasteiger partial charge in [0.15, 0.2) is 0 Å². The summed E-state index contributed by atoms with van der Waals surface area (Å²) in [7, 11) is 1.96. The minimum atomic E-state index is -0.559. The molecule has 0 bridgehead atoms. The molecule has 1 fully saturated rings. The number of benzene rings is 1. The van der Waals surface area contributed by atoms with Crippen molar-refractivity contribution in [3.63, 3.8) is 0 Å². The number of hydrogen-bond acceptors (Lipinski definition) is 5.